The van der Waals surface area contributed by atoms with Gasteiger partial charge in [0.15, 0.2) is 11.4 Å². The molecule has 1 aliphatic rings. The fourth-order valence-corrected chi connectivity index (χ4v) is 3.46. The van der Waals surface area contributed by atoms with E-state index in [1.54, 1.807) is 18.2 Å². The Bertz CT molecular complexity index is 1220. The van der Waals surface area contributed by atoms with Gasteiger partial charge in [-0.15, -0.1) is 0 Å². The number of halogens is 1. The summed E-state index contributed by atoms with van der Waals surface area (Å²) in [5, 5.41) is 9.93. The molecular weight excluding hydrogens is 413 g/mol. The fourth-order valence-electron chi connectivity index (χ4n) is 3.46. The average Bonchev–Trinajstić information content (AvgIpc) is 2.78. The number of benzene rings is 2. The van der Waals surface area contributed by atoms with E-state index in [2.05, 4.69) is 5.43 Å². The highest BCUT2D eigenvalue weighted by Gasteiger charge is 2.27. The quantitative estimate of drug-likeness (QED) is 0.558. The minimum atomic E-state index is -0.603. The van der Waals surface area contributed by atoms with Crippen LogP contribution in [-0.4, -0.2) is 40.4 Å². The number of fused-ring (bicyclic) bond motifs is 1. The Morgan fingerprint density at radius 1 is 1.09 bits per heavy atom. The third-order valence-corrected chi connectivity index (χ3v) is 5.08. The molecule has 164 valence electrons. The molecule has 4 rings (SSSR count). The van der Waals surface area contributed by atoms with E-state index in [1.165, 1.54) is 34.0 Å². The van der Waals surface area contributed by atoms with Crippen molar-refractivity contribution in [1.82, 2.24) is 9.58 Å². The van der Waals surface area contributed by atoms with E-state index in [1.807, 2.05) is 30.3 Å². The molecule has 3 aromatic rings. The highest BCUT2D eigenvalue weighted by atomic mass is 19.1. The number of amides is 1. The van der Waals surface area contributed by atoms with Gasteiger partial charge >= 0.3 is 0 Å². The molecule has 0 bridgehead atoms. The number of hydrogen-bond donors (Lipinski definition) is 2. The monoisotopic (exact) mass is 435 g/mol. The van der Waals surface area contributed by atoms with Crippen LogP contribution in [0.4, 0.5) is 4.39 Å². The molecule has 8 heteroatoms. The second-order valence-corrected chi connectivity index (χ2v) is 7.29. The number of rotatable bonds is 7. The van der Waals surface area contributed by atoms with E-state index < -0.39 is 17.1 Å². The summed E-state index contributed by atoms with van der Waals surface area (Å²) in [5.41, 5.74) is 4.06. The summed E-state index contributed by atoms with van der Waals surface area (Å²) in [6.45, 7) is 0.801. The number of para-hydroxylation sites is 1. The molecule has 2 aromatic carbocycles. The minimum Gasteiger partial charge on any atom is -0.502 e. The molecule has 0 unspecified atom stereocenters. The molecule has 0 saturated heterocycles. The minimum absolute atomic E-state index is 0.0836. The zero-order valence-electron chi connectivity index (χ0n) is 17.2. The molecule has 1 aliphatic heterocycles. The van der Waals surface area contributed by atoms with Gasteiger partial charge in [-0.1, -0.05) is 36.4 Å². The van der Waals surface area contributed by atoms with Gasteiger partial charge in [-0.2, -0.15) is 0 Å². The molecule has 2 N–H and O–H groups in total. The van der Waals surface area contributed by atoms with Crippen molar-refractivity contribution in [3.8, 4) is 11.5 Å². The molecule has 0 radical (unpaired) electrons. The van der Waals surface area contributed by atoms with Gasteiger partial charge < -0.3 is 20.2 Å². The first kappa shape index (κ1) is 21.2. The van der Waals surface area contributed by atoms with Crippen LogP contribution in [0.3, 0.4) is 0 Å². The molecule has 0 saturated carbocycles. The molecule has 0 atom stereocenters. The molecule has 0 fully saturated rings. The van der Waals surface area contributed by atoms with Crippen LogP contribution < -0.4 is 15.6 Å². The van der Waals surface area contributed by atoms with Crippen LogP contribution in [0.15, 0.2) is 77.7 Å². The summed E-state index contributed by atoms with van der Waals surface area (Å²) in [6.07, 6.45) is 5.53. The Kier molecular flexibility index (Phi) is 6.21. The van der Waals surface area contributed by atoms with Crippen molar-refractivity contribution in [3.05, 3.63) is 106 Å². The highest BCUT2D eigenvalue weighted by Crippen LogP contribution is 2.22. The normalized spacial score (nSPS) is 13.2. The number of hydrogen-bond acceptors (Lipinski definition) is 5. The summed E-state index contributed by atoms with van der Waals surface area (Å²) >= 11 is 0. The lowest BCUT2D eigenvalue weighted by atomic mass is 10.0. The standard InChI is InChI=1S/C24H22FN3O4/c25-19-8-5-6-17(15-19)14-18-7-1-2-9-21(18)32-13-4-3-11-27-16-26-28-12-10-20(29)23(30)22(28)24(27)31/h1-10,12,15,26,30H,11,13-14,16H2/b4-3-. The predicted octanol–water partition coefficient (Wildman–Crippen LogP) is 2.88. The van der Waals surface area contributed by atoms with E-state index in [0.717, 1.165) is 11.1 Å². The number of ether oxygens (including phenoxy) is 1. The number of carbonyl (C=O) groups is 1. The number of aromatic hydroxyl groups is 1. The van der Waals surface area contributed by atoms with Crippen LogP contribution >= 0.6 is 0 Å². The largest absolute Gasteiger partial charge is 0.502 e. The summed E-state index contributed by atoms with van der Waals surface area (Å²) in [4.78, 5) is 25.7. The Hall–Kier alpha value is -4.07. The van der Waals surface area contributed by atoms with Crippen molar-refractivity contribution in [1.29, 1.82) is 0 Å². The summed E-state index contributed by atoms with van der Waals surface area (Å²) in [6, 6.07) is 15.2. The van der Waals surface area contributed by atoms with Crippen LogP contribution in [0.2, 0.25) is 0 Å². The Balaban J connectivity index is 1.35. The summed E-state index contributed by atoms with van der Waals surface area (Å²) < 4.78 is 20.7. The first-order valence-electron chi connectivity index (χ1n) is 10.1. The number of nitrogens with one attached hydrogen (secondary N) is 1. The lowest BCUT2D eigenvalue weighted by molar-refractivity contribution is 0.0741. The van der Waals surface area contributed by atoms with E-state index in [9.17, 15) is 19.1 Å². The number of aromatic nitrogens is 1. The van der Waals surface area contributed by atoms with Gasteiger partial charge in [-0.3, -0.25) is 14.3 Å². The van der Waals surface area contributed by atoms with Crippen molar-refractivity contribution in [3.63, 3.8) is 0 Å². The van der Waals surface area contributed by atoms with Crippen LogP contribution in [-0.2, 0) is 6.42 Å². The highest BCUT2D eigenvalue weighted by molar-refractivity contribution is 5.96. The Morgan fingerprint density at radius 2 is 1.94 bits per heavy atom. The van der Waals surface area contributed by atoms with Gasteiger partial charge in [0, 0.05) is 25.2 Å². The van der Waals surface area contributed by atoms with Crippen LogP contribution in [0, 0.1) is 5.82 Å². The molecule has 0 aliphatic carbocycles. The maximum absolute atomic E-state index is 13.5. The summed E-state index contributed by atoms with van der Waals surface area (Å²) in [7, 11) is 0. The second-order valence-electron chi connectivity index (χ2n) is 7.29. The van der Waals surface area contributed by atoms with Crippen LogP contribution in [0.1, 0.15) is 21.6 Å². The summed E-state index contributed by atoms with van der Waals surface area (Å²) in [5.74, 6) is -0.580. The lowest BCUT2D eigenvalue weighted by Crippen LogP contribution is -2.46. The van der Waals surface area contributed by atoms with Crippen molar-refractivity contribution in [2.45, 2.75) is 6.42 Å². The van der Waals surface area contributed by atoms with Crippen LogP contribution in [0.25, 0.3) is 0 Å². The number of carbonyl (C=O) groups excluding carboxylic acids is 1. The fraction of sp³-hybridized carbons (Fsp3) is 0.167. The SMILES string of the molecule is O=C1c2c(O)c(=O)ccn2NCN1C/C=C\COc1ccccc1Cc1cccc(F)c1. The third kappa shape index (κ3) is 4.64. The topological polar surface area (TPSA) is 83.8 Å². The second kappa shape index (κ2) is 9.38. The van der Waals surface area contributed by atoms with E-state index in [4.69, 9.17) is 4.74 Å². The van der Waals surface area contributed by atoms with Gasteiger partial charge in [-0.05, 0) is 35.4 Å². The van der Waals surface area contributed by atoms with E-state index in [0.29, 0.717) is 12.2 Å². The lowest BCUT2D eigenvalue weighted by Gasteiger charge is -2.30. The number of pyridine rings is 1. The molecular formula is C24H22FN3O4. The molecule has 0 spiro atoms. The van der Waals surface area contributed by atoms with Gasteiger partial charge in [-0.25, -0.2) is 4.39 Å². The van der Waals surface area contributed by atoms with Crippen molar-refractivity contribution in [2.24, 2.45) is 0 Å². The van der Waals surface area contributed by atoms with Gasteiger partial charge in [0.1, 0.15) is 24.8 Å². The Morgan fingerprint density at radius 3 is 2.78 bits per heavy atom. The molecule has 1 amide bonds. The molecule has 32 heavy (non-hydrogen) atoms. The zero-order chi connectivity index (χ0) is 22.5. The smallest absolute Gasteiger partial charge is 0.278 e. The van der Waals surface area contributed by atoms with Crippen molar-refractivity contribution >= 4 is 5.91 Å². The van der Waals surface area contributed by atoms with Crippen molar-refractivity contribution < 1.29 is 19.0 Å². The third-order valence-electron chi connectivity index (χ3n) is 5.08. The average molecular weight is 435 g/mol. The molecule has 7 nitrogen and oxygen atoms in total. The van der Waals surface area contributed by atoms with Crippen molar-refractivity contribution in [2.75, 3.05) is 25.2 Å². The van der Waals surface area contributed by atoms with Crippen LogP contribution in [0.5, 0.6) is 11.5 Å². The van der Waals surface area contributed by atoms with Gasteiger partial charge in [0.2, 0.25) is 5.43 Å². The first-order chi connectivity index (χ1) is 15.5. The molecule has 1 aromatic heterocycles. The maximum atomic E-state index is 13.5. The van der Waals surface area contributed by atoms with Gasteiger partial charge in [0.05, 0.1) is 0 Å². The Labute approximate surface area is 184 Å². The molecule has 2 heterocycles. The van der Waals surface area contributed by atoms with Gasteiger partial charge in [0.25, 0.3) is 5.91 Å². The van der Waals surface area contributed by atoms with E-state index >= 15 is 0 Å². The van der Waals surface area contributed by atoms with E-state index in [-0.39, 0.29) is 31.3 Å². The number of nitrogens with zero attached hydrogens (tertiary/aromatic N) is 2. The first-order valence-corrected chi connectivity index (χ1v) is 10.1. The zero-order valence-corrected chi connectivity index (χ0v) is 17.2. The predicted molar refractivity (Wildman–Crippen MR) is 118 cm³/mol. The maximum Gasteiger partial charge on any atom is 0.278 e.